The monoisotopic (exact) mass is 319 g/mol. The molecule has 1 atom stereocenters. The average Bonchev–Trinajstić information content (AvgIpc) is 2.50. The SMILES string of the molecule is CCC(=O)CC[C@H](NC(=O)c1cccc(NC(C)=O)c1)C(N)=O. The van der Waals surface area contributed by atoms with Crippen molar-refractivity contribution in [2.75, 3.05) is 5.32 Å². The van der Waals surface area contributed by atoms with Crippen LogP contribution in [-0.2, 0) is 14.4 Å². The van der Waals surface area contributed by atoms with E-state index in [9.17, 15) is 19.2 Å². The van der Waals surface area contributed by atoms with E-state index in [4.69, 9.17) is 5.73 Å². The van der Waals surface area contributed by atoms with Crippen LogP contribution in [0.5, 0.6) is 0 Å². The molecule has 0 spiro atoms. The van der Waals surface area contributed by atoms with E-state index < -0.39 is 17.9 Å². The molecule has 0 unspecified atom stereocenters. The minimum Gasteiger partial charge on any atom is -0.368 e. The summed E-state index contributed by atoms with van der Waals surface area (Å²) < 4.78 is 0. The van der Waals surface area contributed by atoms with Crippen LogP contribution in [0.1, 0.15) is 43.5 Å². The predicted molar refractivity (Wildman–Crippen MR) is 85.7 cm³/mol. The Morgan fingerprint density at radius 2 is 1.91 bits per heavy atom. The van der Waals surface area contributed by atoms with E-state index in [-0.39, 0.29) is 30.1 Å². The zero-order chi connectivity index (χ0) is 17.4. The molecule has 0 fully saturated rings. The summed E-state index contributed by atoms with van der Waals surface area (Å²) in [5.74, 6) is -1.45. The van der Waals surface area contributed by atoms with Gasteiger partial charge in [-0.25, -0.2) is 0 Å². The predicted octanol–water partition coefficient (Wildman–Crippen LogP) is 0.988. The van der Waals surface area contributed by atoms with Crippen molar-refractivity contribution >= 4 is 29.2 Å². The van der Waals surface area contributed by atoms with Crippen molar-refractivity contribution in [3.8, 4) is 0 Å². The molecule has 1 rings (SSSR count). The maximum Gasteiger partial charge on any atom is 0.252 e. The van der Waals surface area contributed by atoms with Gasteiger partial charge in [0.05, 0.1) is 0 Å². The van der Waals surface area contributed by atoms with Crippen molar-refractivity contribution < 1.29 is 19.2 Å². The average molecular weight is 319 g/mol. The Morgan fingerprint density at radius 3 is 2.48 bits per heavy atom. The lowest BCUT2D eigenvalue weighted by Crippen LogP contribution is -2.44. The van der Waals surface area contributed by atoms with Gasteiger partial charge in [0.1, 0.15) is 11.8 Å². The Labute approximate surface area is 134 Å². The lowest BCUT2D eigenvalue weighted by Gasteiger charge is -2.15. The number of benzene rings is 1. The van der Waals surface area contributed by atoms with Gasteiger partial charge in [0.2, 0.25) is 11.8 Å². The maximum atomic E-state index is 12.2. The summed E-state index contributed by atoms with van der Waals surface area (Å²) in [7, 11) is 0. The summed E-state index contributed by atoms with van der Waals surface area (Å²) in [6.45, 7) is 3.09. The summed E-state index contributed by atoms with van der Waals surface area (Å²) in [6.07, 6.45) is 0.716. The molecule has 7 heteroatoms. The fraction of sp³-hybridized carbons (Fsp3) is 0.375. The highest BCUT2D eigenvalue weighted by Crippen LogP contribution is 2.11. The van der Waals surface area contributed by atoms with Gasteiger partial charge in [-0.1, -0.05) is 13.0 Å². The minimum atomic E-state index is -0.914. The fourth-order valence-corrected chi connectivity index (χ4v) is 1.95. The van der Waals surface area contributed by atoms with Crippen molar-refractivity contribution in [1.29, 1.82) is 0 Å². The van der Waals surface area contributed by atoms with Crippen molar-refractivity contribution in [1.82, 2.24) is 5.32 Å². The molecule has 3 amide bonds. The molecule has 0 radical (unpaired) electrons. The first kappa shape index (κ1) is 18.3. The maximum absolute atomic E-state index is 12.2. The van der Waals surface area contributed by atoms with Crippen molar-refractivity contribution in [3.05, 3.63) is 29.8 Å². The quantitative estimate of drug-likeness (QED) is 0.662. The number of amides is 3. The molecule has 124 valence electrons. The first-order chi connectivity index (χ1) is 10.8. The Morgan fingerprint density at radius 1 is 1.22 bits per heavy atom. The molecule has 0 aliphatic carbocycles. The number of Topliss-reactive ketones (excluding diaryl/α,β-unsaturated/α-hetero) is 1. The second-order valence-corrected chi connectivity index (χ2v) is 5.12. The van der Waals surface area contributed by atoms with Gasteiger partial charge in [0.15, 0.2) is 0 Å². The van der Waals surface area contributed by atoms with E-state index in [0.717, 1.165) is 0 Å². The lowest BCUT2D eigenvalue weighted by molar-refractivity contribution is -0.121. The Hall–Kier alpha value is -2.70. The number of hydrogen-bond donors (Lipinski definition) is 3. The Kier molecular flexibility index (Phi) is 6.92. The number of carbonyl (C=O) groups is 4. The van der Waals surface area contributed by atoms with Crippen LogP contribution in [0.15, 0.2) is 24.3 Å². The molecular weight excluding hydrogens is 298 g/mol. The van der Waals surface area contributed by atoms with Gasteiger partial charge in [-0.15, -0.1) is 0 Å². The number of anilines is 1. The van der Waals surface area contributed by atoms with Crippen molar-refractivity contribution in [3.63, 3.8) is 0 Å². The van der Waals surface area contributed by atoms with E-state index in [1.54, 1.807) is 25.1 Å². The number of nitrogens with two attached hydrogens (primary N) is 1. The number of rotatable bonds is 8. The zero-order valence-corrected chi connectivity index (χ0v) is 13.2. The van der Waals surface area contributed by atoms with Gasteiger partial charge in [0.25, 0.3) is 5.91 Å². The second kappa shape index (κ2) is 8.67. The second-order valence-electron chi connectivity index (χ2n) is 5.12. The topological polar surface area (TPSA) is 118 Å². The number of nitrogens with one attached hydrogen (secondary N) is 2. The molecule has 0 aromatic heterocycles. The number of carbonyl (C=O) groups excluding carboxylic acids is 4. The van der Waals surface area contributed by atoms with Crippen LogP contribution in [0, 0.1) is 0 Å². The van der Waals surface area contributed by atoms with Gasteiger partial charge in [-0.2, -0.15) is 0 Å². The molecule has 0 aliphatic heterocycles. The summed E-state index contributed by atoms with van der Waals surface area (Å²) >= 11 is 0. The third-order valence-corrected chi connectivity index (χ3v) is 3.20. The van der Waals surface area contributed by atoms with E-state index >= 15 is 0 Å². The molecule has 23 heavy (non-hydrogen) atoms. The molecule has 1 aromatic carbocycles. The van der Waals surface area contributed by atoms with Crippen LogP contribution < -0.4 is 16.4 Å². The third-order valence-electron chi connectivity index (χ3n) is 3.20. The smallest absolute Gasteiger partial charge is 0.252 e. The van der Waals surface area contributed by atoms with Crippen LogP contribution in [0.3, 0.4) is 0 Å². The van der Waals surface area contributed by atoms with Gasteiger partial charge in [0, 0.05) is 31.0 Å². The highest BCUT2D eigenvalue weighted by molar-refractivity contribution is 5.99. The molecule has 0 bridgehead atoms. The van der Waals surface area contributed by atoms with E-state index in [1.807, 2.05) is 0 Å². The lowest BCUT2D eigenvalue weighted by atomic mass is 10.1. The Bertz CT molecular complexity index is 613. The molecule has 0 saturated carbocycles. The first-order valence-corrected chi connectivity index (χ1v) is 7.33. The summed E-state index contributed by atoms with van der Waals surface area (Å²) in [6, 6.07) is 5.38. The van der Waals surface area contributed by atoms with E-state index in [2.05, 4.69) is 10.6 Å². The van der Waals surface area contributed by atoms with Gasteiger partial charge < -0.3 is 16.4 Å². The molecule has 0 saturated heterocycles. The molecular formula is C16H21N3O4. The number of ketones is 1. The van der Waals surface area contributed by atoms with Crippen molar-refractivity contribution in [2.24, 2.45) is 5.73 Å². The molecule has 1 aromatic rings. The van der Waals surface area contributed by atoms with Crippen LogP contribution in [0.25, 0.3) is 0 Å². The Balaban J connectivity index is 2.76. The summed E-state index contributed by atoms with van der Waals surface area (Å²) in [5.41, 5.74) is 6.02. The third kappa shape index (κ3) is 6.29. The molecule has 0 heterocycles. The van der Waals surface area contributed by atoms with Crippen LogP contribution >= 0.6 is 0 Å². The first-order valence-electron chi connectivity index (χ1n) is 7.33. The normalized spacial score (nSPS) is 11.4. The van der Waals surface area contributed by atoms with Crippen LogP contribution in [-0.4, -0.2) is 29.5 Å². The van der Waals surface area contributed by atoms with Gasteiger partial charge in [-0.05, 0) is 24.6 Å². The largest absolute Gasteiger partial charge is 0.368 e. The summed E-state index contributed by atoms with van der Waals surface area (Å²) in [4.78, 5) is 46.0. The van der Waals surface area contributed by atoms with Crippen LogP contribution in [0.4, 0.5) is 5.69 Å². The summed E-state index contributed by atoms with van der Waals surface area (Å²) in [5, 5.41) is 5.08. The molecule has 7 nitrogen and oxygen atoms in total. The van der Waals surface area contributed by atoms with Crippen molar-refractivity contribution in [2.45, 2.75) is 39.2 Å². The van der Waals surface area contributed by atoms with Crippen LogP contribution in [0.2, 0.25) is 0 Å². The molecule has 4 N–H and O–H groups in total. The highest BCUT2D eigenvalue weighted by atomic mass is 16.2. The van der Waals surface area contributed by atoms with E-state index in [0.29, 0.717) is 12.1 Å². The van der Waals surface area contributed by atoms with Gasteiger partial charge >= 0.3 is 0 Å². The number of primary amides is 1. The molecule has 0 aliphatic rings. The number of hydrogen-bond acceptors (Lipinski definition) is 4. The minimum absolute atomic E-state index is 0.00171. The van der Waals surface area contributed by atoms with E-state index in [1.165, 1.54) is 13.0 Å². The highest BCUT2D eigenvalue weighted by Gasteiger charge is 2.20. The standard InChI is InChI=1S/C16H21N3O4/c1-3-13(21)7-8-14(15(17)22)19-16(23)11-5-4-6-12(9-11)18-10(2)20/h4-6,9,14H,3,7-8H2,1-2H3,(H2,17,22)(H,18,20)(H,19,23)/t14-/m0/s1. The zero-order valence-electron chi connectivity index (χ0n) is 13.2. The van der Waals surface area contributed by atoms with Gasteiger partial charge in [-0.3, -0.25) is 19.2 Å². The fourth-order valence-electron chi connectivity index (χ4n) is 1.95.